The van der Waals surface area contributed by atoms with Gasteiger partial charge in [0, 0.05) is 42.8 Å². The number of hydrogen-bond donors (Lipinski definition) is 1. The summed E-state index contributed by atoms with van der Waals surface area (Å²) >= 11 is 0. The van der Waals surface area contributed by atoms with Gasteiger partial charge in [0.25, 0.3) is 0 Å². The Labute approximate surface area is 126 Å². The van der Waals surface area contributed by atoms with Gasteiger partial charge in [0.15, 0.2) is 0 Å². The normalized spacial score (nSPS) is 17.4. The Morgan fingerprint density at radius 1 is 1.00 bits per heavy atom. The number of pyridine rings is 1. The topological polar surface area (TPSA) is 45.4 Å². The van der Waals surface area contributed by atoms with Crippen molar-refractivity contribution in [2.45, 2.75) is 26.3 Å². The molecule has 21 heavy (non-hydrogen) atoms. The van der Waals surface area contributed by atoms with Crippen molar-refractivity contribution < 1.29 is 0 Å². The van der Waals surface area contributed by atoms with E-state index in [0.29, 0.717) is 0 Å². The number of nitrogens with two attached hydrogens (primary N) is 1. The summed E-state index contributed by atoms with van der Waals surface area (Å²) in [6.45, 7) is 11.1. The first kappa shape index (κ1) is 14.1. The largest absolute Gasteiger partial charge is 0.399 e. The Kier molecular flexibility index (Phi) is 3.49. The minimum Gasteiger partial charge on any atom is -0.399 e. The van der Waals surface area contributed by atoms with Crippen LogP contribution in [0.1, 0.15) is 20.8 Å². The molecular weight excluding hydrogens is 260 g/mol. The number of nitrogen functional groups attached to an aromatic ring is 1. The fourth-order valence-electron chi connectivity index (χ4n) is 2.92. The molecule has 0 amide bonds. The fraction of sp³-hybridized carbons (Fsp3) is 0.471. The van der Waals surface area contributed by atoms with E-state index in [-0.39, 0.29) is 5.54 Å². The van der Waals surface area contributed by atoms with Crippen LogP contribution in [0, 0.1) is 0 Å². The maximum absolute atomic E-state index is 5.82. The highest BCUT2D eigenvalue weighted by Gasteiger charge is 2.26. The van der Waals surface area contributed by atoms with E-state index in [1.54, 1.807) is 0 Å². The molecule has 0 unspecified atom stereocenters. The standard InChI is InChI=1S/C17H24N4/c1-17(2,3)21-10-8-20(9-11-21)16-7-4-13-12-14(18)5-6-15(13)19-16/h4-7,12H,8-11,18H2,1-3H3. The van der Waals surface area contributed by atoms with Crippen LogP contribution < -0.4 is 10.6 Å². The molecular formula is C17H24N4. The second kappa shape index (κ2) is 5.19. The monoisotopic (exact) mass is 284 g/mol. The molecule has 3 rings (SSSR count). The highest BCUT2D eigenvalue weighted by atomic mass is 15.3. The van der Waals surface area contributed by atoms with E-state index < -0.39 is 0 Å². The van der Waals surface area contributed by atoms with Crippen LogP contribution in [0.15, 0.2) is 30.3 Å². The summed E-state index contributed by atoms with van der Waals surface area (Å²) in [4.78, 5) is 9.69. The van der Waals surface area contributed by atoms with Crippen molar-refractivity contribution in [1.82, 2.24) is 9.88 Å². The van der Waals surface area contributed by atoms with E-state index >= 15 is 0 Å². The van der Waals surface area contributed by atoms with Crippen LogP contribution >= 0.6 is 0 Å². The van der Waals surface area contributed by atoms with Crippen molar-refractivity contribution in [2.24, 2.45) is 0 Å². The second-order valence-electron chi connectivity index (χ2n) is 6.77. The number of anilines is 2. The SMILES string of the molecule is CC(C)(C)N1CCN(c2ccc3cc(N)ccc3n2)CC1. The predicted molar refractivity (Wildman–Crippen MR) is 89.7 cm³/mol. The average molecular weight is 284 g/mol. The van der Waals surface area contributed by atoms with Crippen molar-refractivity contribution in [3.8, 4) is 0 Å². The number of nitrogens with zero attached hydrogens (tertiary/aromatic N) is 3. The zero-order valence-electron chi connectivity index (χ0n) is 13.1. The number of hydrogen-bond acceptors (Lipinski definition) is 4. The van der Waals surface area contributed by atoms with Gasteiger partial charge in [-0.2, -0.15) is 0 Å². The molecule has 1 aliphatic rings. The van der Waals surface area contributed by atoms with Crippen LogP contribution in [0.4, 0.5) is 11.5 Å². The average Bonchev–Trinajstić information content (AvgIpc) is 2.46. The van der Waals surface area contributed by atoms with Crippen LogP contribution in [0.2, 0.25) is 0 Å². The summed E-state index contributed by atoms with van der Waals surface area (Å²) in [5.41, 5.74) is 7.87. The van der Waals surface area contributed by atoms with E-state index in [4.69, 9.17) is 10.7 Å². The molecule has 1 saturated heterocycles. The molecule has 1 aliphatic heterocycles. The van der Waals surface area contributed by atoms with E-state index in [0.717, 1.165) is 48.6 Å². The van der Waals surface area contributed by atoms with E-state index in [9.17, 15) is 0 Å². The lowest BCUT2D eigenvalue weighted by Crippen LogP contribution is -2.53. The van der Waals surface area contributed by atoms with E-state index in [2.05, 4.69) is 42.7 Å². The molecule has 1 aromatic heterocycles. The van der Waals surface area contributed by atoms with Crippen molar-refractivity contribution in [1.29, 1.82) is 0 Å². The van der Waals surface area contributed by atoms with Crippen molar-refractivity contribution in [3.05, 3.63) is 30.3 Å². The summed E-state index contributed by atoms with van der Waals surface area (Å²) in [5, 5.41) is 1.10. The van der Waals surface area contributed by atoms with Gasteiger partial charge in [0.2, 0.25) is 0 Å². The predicted octanol–water partition coefficient (Wildman–Crippen LogP) is 2.74. The lowest BCUT2D eigenvalue weighted by Gasteiger charge is -2.42. The molecule has 0 radical (unpaired) electrons. The minimum atomic E-state index is 0.250. The van der Waals surface area contributed by atoms with Crippen molar-refractivity contribution >= 4 is 22.4 Å². The zero-order valence-corrected chi connectivity index (χ0v) is 13.1. The summed E-state index contributed by atoms with van der Waals surface area (Å²) in [7, 11) is 0. The van der Waals surface area contributed by atoms with Gasteiger partial charge >= 0.3 is 0 Å². The molecule has 0 saturated carbocycles. The summed E-state index contributed by atoms with van der Waals surface area (Å²) < 4.78 is 0. The molecule has 1 aromatic carbocycles. The van der Waals surface area contributed by atoms with E-state index in [1.165, 1.54) is 0 Å². The number of aromatic nitrogens is 1. The Balaban J connectivity index is 1.78. The summed E-state index contributed by atoms with van der Waals surface area (Å²) in [6.07, 6.45) is 0. The lowest BCUT2D eigenvalue weighted by atomic mass is 10.0. The number of fused-ring (bicyclic) bond motifs is 1. The third-order valence-corrected chi connectivity index (χ3v) is 4.25. The highest BCUT2D eigenvalue weighted by molar-refractivity contribution is 5.83. The maximum Gasteiger partial charge on any atom is 0.129 e. The molecule has 0 aliphatic carbocycles. The first-order valence-corrected chi connectivity index (χ1v) is 7.60. The lowest BCUT2D eigenvalue weighted by molar-refractivity contribution is 0.128. The smallest absolute Gasteiger partial charge is 0.129 e. The first-order chi connectivity index (χ1) is 9.93. The molecule has 2 N–H and O–H groups in total. The van der Waals surface area contributed by atoms with Crippen LogP contribution in [-0.2, 0) is 0 Å². The van der Waals surface area contributed by atoms with Crippen LogP contribution in [-0.4, -0.2) is 41.6 Å². The van der Waals surface area contributed by atoms with Crippen LogP contribution in [0.25, 0.3) is 10.9 Å². The molecule has 4 heteroatoms. The summed E-state index contributed by atoms with van der Waals surface area (Å²) in [5.74, 6) is 1.07. The third kappa shape index (κ3) is 2.95. The Hall–Kier alpha value is -1.81. The van der Waals surface area contributed by atoms with Crippen LogP contribution in [0.3, 0.4) is 0 Å². The van der Waals surface area contributed by atoms with Gasteiger partial charge in [-0.05, 0) is 51.1 Å². The van der Waals surface area contributed by atoms with E-state index in [1.807, 2.05) is 18.2 Å². The minimum absolute atomic E-state index is 0.250. The van der Waals surface area contributed by atoms with Gasteiger partial charge in [-0.1, -0.05) is 0 Å². The van der Waals surface area contributed by atoms with Gasteiger partial charge in [-0.15, -0.1) is 0 Å². The molecule has 0 bridgehead atoms. The van der Waals surface area contributed by atoms with Gasteiger partial charge < -0.3 is 10.6 Å². The maximum atomic E-state index is 5.82. The molecule has 0 spiro atoms. The van der Waals surface area contributed by atoms with Gasteiger partial charge in [-0.25, -0.2) is 4.98 Å². The molecule has 4 nitrogen and oxygen atoms in total. The van der Waals surface area contributed by atoms with Gasteiger partial charge in [0.05, 0.1) is 5.52 Å². The quantitative estimate of drug-likeness (QED) is 0.818. The molecule has 2 aromatic rings. The molecule has 2 heterocycles. The number of rotatable bonds is 1. The fourth-order valence-corrected chi connectivity index (χ4v) is 2.92. The van der Waals surface area contributed by atoms with Crippen molar-refractivity contribution in [3.63, 3.8) is 0 Å². The van der Waals surface area contributed by atoms with Gasteiger partial charge in [-0.3, -0.25) is 4.90 Å². The highest BCUT2D eigenvalue weighted by Crippen LogP contribution is 2.23. The first-order valence-electron chi connectivity index (χ1n) is 7.60. The Bertz CT molecular complexity index is 637. The molecule has 1 fully saturated rings. The van der Waals surface area contributed by atoms with Crippen LogP contribution in [0.5, 0.6) is 0 Å². The Morgan fingerprint density at radius 3 is 2.38 bits per heavy atom. The van der Waals surface area contributed by atoms with Gasteiger partial charge in [0.1, 0.15) is 5.82 Å². The number of benzene rings is 1. The third-order valence-electron chi connectivity index (χ3n) is 4.25. The second-order valence-corrected chi connectivity index (χ2v) is 6.77. The Morgan fingerprint density at radius 2 is 1.71 bits per heavy atom. The summed E-state index contributed by atoms with van der Waals surface area (Å²) in [6, 6.07) is 10.1. The molecule has 0 atom stereocenters. The van der Waals surface area contributed by atoms with Crippen molar-refractivity contribution in [2.75, 3.05) is 36.8 Å². The molecule has 112 valence electrons. The number of piperazine rings is 1. The zero-order chi connectivity index (χ0) is 15.0.